The lowest BCUT2D eigenvalue weighted by atomic mass is 9.95. The highest BCUT2D eigenvalue weighted by Gasteiger charge is 2.19. The van der Waals surface area contributed by atoms with Crippen LogP contribution in [0.3, 0.4) is 0 Å². The number of nitrogens with one attached hydrogen (secondary N) is 1. The number of anilines is 1. The van der Waals surface area contributed by atoms with Crippen LogP contribution >= 0.6 is 0 Å². The van der Waals surface area contributed by atoms with Gasteiger partial charge in [0.25, 0.3) is 0 Å². The Labute approximate surface area is 119 Å². The number of aryl methyl sites for hydroxylation is 1. The lowest BCUT2D eigenvalue weighted by Crippen LogP contribution is -2.32. The van der Waals surface area contributed by atoms with Gasteiger partial charge in [-0.1, -0.05) is 30.3 Å². The van der Waals surface area contributed by atoms with Gasteiger partial charge >= 0.3 is 0 Å². The standard InChI is InChI=1S/C16H18N4/c1-16(2,10-8-13-6-4-3-5-7-13)19-15-14(12-17)9-11-18-20-15/h3-7,9,11H,8,10H2,1-2H3,(H,19,20). The average molecular weight is 266 g/mol. The van der Waals surface area contributed by atoms with Gasteiger partial charge in [0.15, 0.2) is 5.82 Å². The molecule has 1 aromatic carbocycles. The lowest BCUT2D eigenvalue weighted by molar-refractivity contribution is 0.515. The largest absolute Gasteiger partial charge is 0.363 e. The zero-order valence-electron chi connectivity index (χ0n) is 11.8. The van der Waals surface area contributed by atoms with Crippen LogP contribution in [0.25, 0.3) is 0 Å². The summed E-state index contributed by atoms with van der Waals surface area (Å²) < 4.78 is 0. The van der Waals surface area contributed by atoms with Gasteiger partial charge in [0, 0.05) is 5.54 Å². The SMILES string of the molecule is CC(C)(CCc1ccccc1)Nc1nnccc1C#N. The third kappa shape index (κ3) is 3.79. The van der Waals surface area contributed by atoms with Crippen molar-refractivity contribution in [3.05, 3.63) is 53.7 Å². The summed E-state index contributed by atoms with van der Waals surface area (Å²) in [5, 5.41) is 20.2. The van der Waals surface area contributed by atoms with Gasteiger partial charge < -0.3 is 5.32 Å². The number of hydrogen-bond acceptors (Lipinski definition) is 4. The van der Waals surface area contributed by atoms with Crippen molar-refractivity contribution in [3.8, 4) is 6.07 Å². The maximum Gasteiger partial charge on any atom is 0.167 e. The molecule has 1 N–H and O–H groups in total. The number of benzene rings is 1. The van der Waals surface area contributed by atoms with Crippen LogP contribution in [-0.4, -0.2) is 15.7 Å². The molecule has 0 aliphatic rings. The van der Waals surface area contributed by atoms with E-state index in [2.05, 4.69) is 47.6 Å². The molecule has 0 saturated heterocycles. The summed E-state index contributed by atoms with van der Waals surface area (Å²) in [6.07, 6.45) is 3.45. The first-order valence-corrected chi connectivity index (χ1v) is 6.65. The average Bonchev–Trinajstić information content (AvgIpc) is 2.47. The Balaban J connectivity index is 2.02. The van der Waals surface area contributed by atoms with Crippen LogP contribution in [0.2, 0.25) is 0 Å². The lowest BCUT2D eigenvalue weighted by Gasteiger charge is -2.27. The van der Waals surface area contributed by atoms with Gasteiger partial charge in [0.05, 0.1) is 11.8 Å². The van der Waals surface area contributed by atoms with Crippen LogP contribution in [0.15, 0.2) is 42.6 Å². The molecule has 0 unspecified atom stereocenters. The van der Waals surface area contributed by atoms with E-state index in [1.807, 2.05) is 18.2 Å². The van der Waals surface area contributed by atoms with Crippen molar-refractivity contribution in [1.29, 1.82) is 5.26 Å². The Bertz CT molecular complexity index is 599. The van der Waals surface area contributed by atoms with Crippen molar-refractivity contribution in [3.63, 3.8) is 0 Å². The summed E-state index contributed by atoms with van der Waals surface area (Å²) >= 11 is 0. The molecule has 1 aromatic heterocycles. The first kappa shape index (κ1) is 14.0. The number of aromatic nitrogens is 2. The van der Waals surface area contributed by atoms with Crippen LogP contribution in [0, 0.1) is 11.3 Å². The molecule has 1 heterocycles. The summed E-state index contributed by atoms with van der Waals surface area (Å²) in [4.78, 5) is 0. The first-order valence-electron chi connectivity index (χ1n) is 6.65. The fourth-order valence-electron chi connectivity index (χ4n) is 2.00. The summed E-state index contributed by atoms with van der Waals surface area (Å²) in [6.45, 7) is 4.21. The number of rotatable bonds is 5. The number of nitriles is 1. The zero-order chi connectivity index (χ0) is 14.4. The molecule has 0 fully saturated rings. The van der Waals surface area contributed by atoms with Crippen LogP contribution in [0.1, 0.15) is 31.4 Å². The maximum atomic E-state index is 9.07. The fourth-order valence-corrected chi connectivity index (χ4v) is 2.00. The third-order valence-electron chi connectivity index (χ3n) is 3.18. The van der Waals surface area contributed by atoms with Crippen molar-refractivity contribution >= 4 is 5.82 Å². The molecule has 0 aliphatic carbocycles. The summed E-state index contributed by atoms with van der Waals surface area (Å²) in [5.74, 6) is 0.549. The predicted octanol–water partition coefficient (Wildman–Crippen LogP) is 3.17. The van der Waals surface area contributed by atoms with E-state index in [1.165, 1.54) is 11.8 Å². The van der Waals surface area contributed by atoms with Gasteiger partial charge in [-0.05, 0) is 38.3 Å². The van der Waals surface area contributed by atoms with Gasteiger partial charge in [0.1, 0.15) is 6.07 Å². The van der Waals surface area contributed by atoms with E-state index in [0.717, 1.165) is 12.8 Å². The van der Waals surface area contributed by atoms with Crippen LogP contribution in [0.5, 0.6) is 0 Å². The Morgan fingerprint density at radius 3 is 2.65 bits per heavy atom. The molecule has 4 nitrogen and oxygen atoms in total. The molecule has 0 radical (unpaired) electrons. The van der Waals surface area contributed by atoms with Gasteiger partial charge in [-0.15, -0.1) is 5.10 Å². The van der Waals surface area contributed by atoms with Gasteiger partial charge in [-0.3, -0.25) is 0 Å². The Morgan fingerprint density at radius 2 is 1.95 bits per heavy atom. The van der Waals surface area contributed by atoms with Crippen LogP contribution in [0.4, 0.5) is 5.82 Å². The van der Waals surface area contributed by atoms with E-state index < -0.39 is 0 Å². The number of nitrogens with zero attached hydrogens (tertiary/aromatic N) is 3. The van der Waals surface area contributed by atoms with E-state index in [-0.39, 0.29) is 5.54 Å². The molecule has 20 heavy (non-hydrogen) atoms. The summed E-state index contributed by atoms with van der Waals surface area (Å²) in [5.41, 5.74) is 1.67. The minimum atomic E-state index is -0.155. The molecule has 0 amide bonds. The minimum absolute atomic E-state index is 0.155. The molecule has 0 spiro atoms. The molecule has 0 aliphatic heterocycles. The molecule has 0 saturated carbocycles. The van der Waals surface area contributed by atoms with E-state index >= 15 is 0 Å². The Morgan fingerprint density at radius 1 is 1.20 bits per heavy atom. The van der Waals surface area contributed by atoms with Crippen molar-refractivity contribution in [1.82, 2.24) is 10.2 Å². The van der Waals surface area contributed by atoms with Gasteiger partial charge in [-0.25, -0.2) is 0 Å². The minimum Gasteiger partial charge on any atom is -0.363 e. The molecule has 0 atom stereocenters. The first-order chi connectivity index (χ1) is 9.61. The molecule has 4 heteroatoms. The highest BCUT2D eigenvalue weighted by atomic mass is 15.2. The Hall–Kier alpha value is -2.41. The quantitative estimate of drug-likeness (QED) is 0.903. The van der Waals surface area contributed by atoms with E-state index in [0.29, 0.717) is 11.4 Å². The second kappa shape index (κ2) is 6.16. The second-order valence-corrected chi connectivity index (χ2v) is 5.40. The second-order valence-electron chi connectivity index (χ2n) is 5.40. The van der Waals surface area contributed by atoms with Crippen molar-refractivity contribution in [2.24, 2.45) is 0 Å². The van der Waals surface area contributed by atoms with Crippen LogP contribution < -0.4 is 5.32 Å². The highest BCUT2D eigenvalue weighted by molar-refractivity contribution is 5.51. The summed E-state index contributed by atoms with van der Waals surface area (Å²) in [6, 6.07) is 14.2. The number of hydrogen-bond donors (Lipinski definition) is 1. The topological polar surface area (TPSA) is 61.6 Å². The van der Waals surface area contributed by atoms with E-state index in [9.17, 15) is 0 Å². The fraction of sp³-hybridized carbons (Fsp3) is 0.312. The maximum absolute atomic E-state index is 9.07. The molecule has 0 bridgehead atoms. The van der Waals surface area contributed by atoms with Gasteiger partial charge in [0.2, 0.25) is 0 Å². The van der Waals surface area contributed by atoms with Crippen molar-refractivity contribution in [2.45, 2.75) is 32.2 Å². The zero-order valence-corrected chi connectivity index (χ0v) is 11.8. The molecule has 2 rings (SSSR count). The van der Waals surface area contributed by atoms with Gasteiger partial charge in [-0.2, -0.15) is 10.4 Å². The highest BCUT2D eigenvalue weighted by Crippen LogP contribution is 2.20. The van der Waals surface area contributed by atoms with E-state index in [4.69, 9.17) is 5.26 Å². The molecular formula is C16H18N4. The third-order valence-corrected chi connectivity index (χ3v) is 3.18. The molecule has 2 aromatic rings. The monoisotopic (exact) mass is 266 g/mol. The predicted molar refractivity (Wildman–Crippen MR) is 79.2 cm³/mol. The Kier molecular flexibility index (Phi) is 4.31. The van der Waals surface area contributed by atoms with Crippen LogP contribution in [-0.2, 0) is 6.42 Å². The summed E-state index contributed by atoms with van der Waals surface area (Å²) in [7, 11) is 0. The molecule has 102 valence electrons. The normalized spacial score (nSPS) is 10.8. The van der Waals surface area contributed by atoms with Crippen molar-refractivity contribution in [2.75, 3.05) is 5.32 Å². The smallest absolute Gasteiger partial charge is 0.167 e. The van der Waals surface area contributed by atoms with Crippen molar-refractivity contribution < 1.29 is 0 Å². The molecular weight excluding hydrogens is 248 g/mol. The van der Waals surface area contributed by atoms with E-state index in [1.54, 1.807) is 6.07 Å².